The molecule has 2 aliphatic heterocycles. The van der Waals surface area contributed by atoms with Crippen LogP contribution in [0.15, 0.2) is 30.5 Å². The summed E-state index contributed by atoms with van der Waals surface area (Å²) in [4.78, 5) is 68.2. The van der Waals surface area contributed by atoms with Crippen LogP contribution in [-0.2, 0) is 28.6 Å². The second-order valence-corrected chi connectivity index (χ2v) is 14.7. The summed E-state index contributed by atoms with van der Waals surface area (Å²) in [6.45, 7) is 7.50. The lowest BCUT2D eigenvalue weighted by Gasteiger charge is -2.27. The summed E-state index contributed by atoms with van der Waals surface area (Å²) in [7, 11) is 0. The maximum absolute atomic E-state index is 13.2. The van der Waals surface area contributed by atoms with Gasteiger partial charge in [0.25, 0.3) is 11.8 Å². The highest BCUT2D eigenvalue weighted by atomic mass is 35.5. The topological polar surface area (TPSA) is 207 Å². The van der Waals surface area contributed by atoms with Crippen molar-refractivity contribution in [3.05, 3.63) is 52.3 Å². The number of imide groups is 2. The van der Waals surface area contributed by atoms with Crippen molar-refractivity contribution in [2.75, 3.05) is 69.9 Å². The van der Waals surface area contributed by atoms with Crippen molar-refractivity contribution in [2.45, 2.75) is 82.8 Å². The molecule has 308 valence electrons. The number of nitrogens with zero attached hydrogens (tertiary/aromatic N) is 4. The van der Waals surface area contributed by atoms with Gasteiger partial charge >= 0.3 is 0 Å². The maximum atomic E-state index is 13.2. The van der Waals surface area contributed by atoms with Gasteiger partial charge in [-0.25, -0.2) is 4.98 Å². The first kappa shape index (κ1) is 41.9. The molecule has 0 radical (unpaired) electrons. The van der Waals surface area contributed by atoms with Gasteiger partial charge in [-0.15, -0.1) is 0 Å². The van der Waals surface area contributed by atoms with Crippen molar-refractivity contribution in [3.8, 4) is 0 Å². The molecule has 1 aromatic carbocycles. The predicted octanol–water partition coefficient (Wildman–Crippen LogP) is 2.89. The Kier molecular flexibility index (Phi) is 14.8. The molecule has 2 fully saturated rings. The molecule has 3 aliphatic rings. The molecular weight excluding hydrogens is 758 g/mol. The van der Waals surface area contributed by atoms with Crippen LogP contribution >= 0.6 is 11.6 Å². The molecule has 0 bridgehead atoms. The second-order valence-electron chi connectivity index (χ2n) is 14.3. The van der Waals surface area contributed by atoms with E-state index in [2.05, 4.69) is 51.6 Å². The van der Waals surface area contributed by atoms with Gasteiger partial charge in [-0.1, -0.05) is 31.5 Å². The molecule has 17 nitrogen and oxygen atoms in total. The standard InChI is InChI=1S/C39H52ClN9O8/c1-3-24(4-2)30-21-32(49-36(46-30)28(40)22-44-49)45-26-9-8-25(20-26)43-23-34(51)42-13-15-56-17-19-57-18-16-55-14-12-41-29-7-5-6-27-35(29)39(54)48(38(27)53)31-10-11-33(50)47-37(31)52/h5-7,21-22,24-26,31,41,43,45H,3-4,8-20,23H2,1-2H3,(H,42,51)(H,47,50,52)/t25-,26-,31?/m0/s1. The molecule has 2 aromatic heterocycles. The van der Waals surface area contributed by atoms with Crippen molar-refractivity contribution in [1.82, 2.24) is 35.4 Å². The number of rotatable bonds is 22. The number of anilines is 2. The van der Waals surface area contributed by atoms with Crippen LogP contribution in [-0.4, -0.2) is 126 Å². The third-order valence-electron chi connectivity index (χ3n) is 10.5. The van der Waals surface area contributed by atoms with Gasteiger partial charge in [-0.2, -0.15) is 9.61 Å². The maximum Gasteiger partial charge on any atom is 0.264 e. The van der Waals surface area contributed by atoms with Crippen LogP contribution in [0.3, 0.4) is 0 Å². The summed E-state index contributed by atoms with van der Waals surface area (Å²) < 4.78 is 18.5. The lowest BCUT2D eigenvalue weighted by atomic mass is 9.99. The average Bonchev–Trinajstić information content (AvgIpc) is 3.89. The Hall–Kier alpha value is -4.68. The van der Waals surface area contributed by atoms with Gasteiger partial charge in [0, 0.05) is 55.0 Å². The average molecular weight is 810 g/mol. The van der Waals surface area contributed by atoms with E-state index in [0.29, 0.717) is 75.0 Å². The smallest absolute Gasteiger partial charge is 0.264 e. The van der Waals surface area contributed by atoms with E-state index in [-0.39, 0.29) is 48.5 Å². The molecule has 18 heteroatoms. The number of carbonyl (C=O) groups excluding carboxylic acids is 5. The number of fused-ring (bicyclic) bond motifs is 2. The first-order valence-corrected chi connectivity index (χ1v) is 20.2. The fourth-order valence-corrected chi connectivity index (χ4v) is 7.67. The molecule has 1 saturated heterocycles. The molecule has 4 heterocycles. The van der Waals surface area contributed by atoms with Crippen LogP contribution in [0, 0.1) is 0 Å². The number of nitrogens with one attached hydrogen (secondary N) is 5. The Bertz CT molecular complexity index is 1920. The number of hydrogen-bond donors (Lipinski definition) is 5. The summed E-state index contributed by atoms with van der Waals surface area (Å²) in [6, 6.07) is 6.43. The lowest BCUT2D eigenvalue weighted by molar-refractivity contribution is -0.136. The fraction of sp³-hybridized carbons (Fsp3) is 0.564. The van der Waals surface area contributed by atoms with Gasteiger partial charge < -0.3 is 35.5 Å². The highest BCUT2D eigenvalue weighted by molar-refractivity contribution is 6.33. The molecule has 5 N–H and O–H groups in total. The Balaban J connectivity index is 0.779. The zero-order valence-corrected chi connectivity index (χ0v) is 33.2. The number of aromatic nitrogens is 3. The summed E-state index contributed by atoms with van der Waals surface area (Å²) >= 11 is 6.40. The molecular formula is C39H52ClN9O8. The quantitative estimate of drug-likeness (QED) is 0.0733. The number of ether oxygens (including phenoxy) is 3. The Labute approximate surface area is 336 Å². The molecule has 6 rings (SSSR count). The minimum Gasteiger partial charge on any atom is -0.382 e. The summed E-state index contributed by atoms with van der Waals surface area (Å²) in [5.74, 6) is -1.03. The molecule has 1 aliphatic carbocycles. The van der Waals surface area contributed by atoms with Gasteiger partial charge in [-0.05, 0) is 50.7 Å². The lowest BCUT2D eigenvalue weighted by Crippen LogP contribution is -2.54. The Morgan fingerprint density at radius 3 is 2.40 bits per heavy atom. The third-order valence-corrected chi connectivity index (χ3v) is 10.8. The molecule has 5 amide bonds. The summed E-state index contributed by atoms with van der Waals surface area (Å²) in [6.07, 6.45) is 6.59. The van der Waals surface area contributed by atoms with E-state index in [9.17, 15) is 24.0 Å². The molecule has 0 spiro atoms. The first-order valence-electron chi connectivity index (χ1n) is 19.8. The first-order chi connectivity index (χ1) is 27.7. The SMILES string of the molecule is CCC(CC)c1cc(N[C@H]2CC[C@H](NCC(=O)NCCOCCOCCOCCNc3cccc4c3C(=O)N(C3CCC(=O)NC3=O)C4=O)C2)n2ncc(Cl)c2n1. The fourth-order valence-electron chi connectivity index (χ4n) is 7.51. The third kappa shape index (κ3) is 10.4. The van der Waals surface area contributed by atoms with Crippen LogP contribution in [0.4, 0.5) is 11.5 Å². The van der Waals surface area contributed by atoms with Gasteiger partial charge in [0.1, 0.15) is 16.9 Å². The van der Waals surface area contributed by atoms with Crippen molar-refractivity contribution in [3.63, 3.8) is 0 Å². The van der Waals surface area contributed by atoms with E-state index < -0.39 is 29.7 Å². The van der Waals surface area contributed by atoms with Crippen molar-refractivity contribution >= 4 is 58.3 Å². The zero-order chi connectivity index (χ0) is 40.3. The van der Waals surface area contributed by atoms with E-state index in [1.807, 2.05) is 0 Å². The molecule has 57 heavy (non-hydrogen) atoms. The van der Waals surface area contributed by atoms with Crippen LogP contribution in [0.5, 0.6) is 0 Å². The minimum absolute atomic E-state index is 0.0604. The van der Waals surface area contributed by atoms with Crippen LogP contribution in [0.2, 0.25) is 5.02 Å². The second kappa shape index (κ2) is 20.1. The highest BCUT2D eigenvalue weighted by Gasteiger charge is 2.45. The predicted molar refractivity (Wildman–Crippen MR) is 211 cm³/mol. The van der Waals surface area contributed by atoms with E-state index in [1.165, 1.54) is 0 Å². The van der Waals surface area contributed by atoms with Crippen LogP contribution in [0.1, 0.15) is 91.1 Å². The van der Waals surface area contributed by atoms with Gasteiger partial charge in [0.2, 0.25) is 17.7 Å². The van der Waals surface area contributed by atoms with E-state index in [4.69, 9.17) is 30.8 Å². The molecule has 1 saturated carbocycles. The van der Waals surface area contributed by atoms with Crippen LogP contribution in [0.25, 0.3) is 5.65 Å². The zero-order valence-electron chi connectivity index (χ0n) is 32.4. The number of hydrogen-bond acceptors (Lipinski definition) is 13. The van der Waals surface area contributed by atoms with Crippen molar-refractivity contribution < 1.29 is 38.2 Å². The Morgan fingerprint density at radius 1 is 0.947 bits per heavy atom. The number of amides is 5. The van der Waals surface area contributed by atoms with E-state index >= 15 is 0 Å². The number of piperidine rings is 1. The van der Waals surface area contributed by atoms with Crippen molar-refractivity contribution in [1.29, 1.82) is 0 Å². The van der Waals surface area contributed by atoms with Gasteiger partial charge in [0.05, 0.1) is 63.5 Å². The number of benzene rings is 1. The summed E-state index contributed by atoms with van der Waals surface area (Å²) in [5, 5.41) is 20.2. The number of carbonyl (C=O) groups is 5. The van der Waals surface area contributed by atoms with Gasteiger partial charge in [0.15, 0.2) is 5.65 Å². The van der Waals surface area contributed by atoms with Crippen molar-refractivity contribution in [2.24, 2.45) is 0 Å². The largest absolute Gasteiger partial charge is 0.382 e. The van der Waals surface area contributed by atoms with Gasteiger partial charge in [-0.3, -0.25) is 34.2 Å². The molecule has 1 unspecified atom stereocenters. The van der Waals surface area contributed by atoms with E-state index in [1.54, 1.807) is 28.9 Å². The normalized spacial score (nSPS) is 19.4. The summed E-state index contributed by atoms with van der Waals surface area (Å²) in [5.41, 5.74) is 2.57. The monoisotopic (exact) mass is 809 g/mol. The minimum atomic E-state index is -1.02. The molecule has 3 atom stereocenters. The highest BCUT2D eigenvalue weighted by Crippen LogP contribution is 2.33. The molecule has 3 aromatic rings. The Morgan fingerprint density at radius 2 is 1.67 bits per heavy atom. The van der Waals surface area contributed by atoms with Crippen LogP contribution < -0.4 is 26.6 Å². The van der Waals surface area contributed by atoms with E-state index in [0.717, 1.165) is 48.5 Å². The number of halogens is 1.